The van der Waals surface area contributed by atoms with Crippen LogP contribution < -0.4 is 4.90 Å². The van der Waals surface area contributed by atoms with E-state index in [1.54, 1.807) is 25.8 Å². The first kappa shape index (κ1) is 11.1. The zero-order valence-electron chi connectivity index (χ0n) is 9.95. The highest BCUT2D eigenvalue weighted by Gasteiger charge is 2.28. The molecule has 1 aliphatic heterocycles. The van der Waals surface area contributed by atoms with Crippen molar-refractivity contribution in [2.75, 3.05) is 11.9 Å². The van der Waals surface area contributed by atoms with Crippen LogP contribution in [0.4, 0.5) is 5.69 Å². The fraction of sp³-hybridized carbons (Fsp3) is 0.462. The molecule has 1 N–H and O–H groups in total. The molecule has 2 rings (SSSR count). The number of aryl methyl sites for hydroxylation is 1. The molecule has 86 valence electrons. The SMILES string of the molecule is CN1C(=O)CCc2cccc(C(C)(C)O)c21. The summed E-state index contributed by atoms with van der Waals surface area (Å²) in [6.07, 6.45) is 1.32. The summed E-state index contributed by atoms with van der Waals surface area (Å²) in [6, 6.07) is 5.84. The number of carbonyl (C=O) groups is 1. The molecule has 16 heavy (non-hydrogen) atoms. The third kappa shape index (κ3) is 1.71. The molecule has 3 nitrogen and oxygen atoms in total. The van der Waals surface area contributed by atoms with E-state index < -0.39 is 5.60 Å². The minimum Gasteiger partial charge on any atom is -0.386 e. The summed E-state index contributed by atoms with van der Waals surface area (Å²) >= 11 is 0. The minimum atomic E-state index is -0.919. The highest BCUT2D eigenvalue weighted by atomic mass is 16.3. The predicted octanol–water partition coefficient (Wildman–Crippen LogP) is 1.82. The molecule has 0 fully saturated rings. The van der Waals surface area contributed by atoms with Gasteiger partial charge in [0.25, 0.3) is 0 Å². The summed E-state index contributed by atoms with van der Waals surface area (Å²) in [4.78, 5) is 13.3. The second-order valence-electron chi connectivity index (χ2n) is 4.83. The second kappa shape index (κ2) is 3.59. The predicted molar refractivity (Wildman–Crippen MR) is 63.4 cm³/mol. The summed E-state index contributed by atoms with van der Waals surface area (Å²) in [5.74, 6) is 0.115. The molecule has 1 aromatic rings. The van der Waals surface area contributed by atoms with Gasteiger partial charge in [0.05, 0.1) is 11.3 Å². The lowest BCUT2D eigenvalue weighted by atomic mass is 9.90. The molecule has 1 heterocycles. The molecule has 3 heteroatoms. The highest BCUT2D eigenvalue weighted by molar-refractivity contribution is 5.96. The van der Waals surface area contributed by atoms with E-state index >= 15 is 0 Å². The Balaban J connectivity index is 2.62. The molecule has 0 radical (unpaired) electrons. The number of rotatable bonds is 1. The van der Waals surface area contributed by atoms with E-state index in [9.17, 15) is 9.90 Å². The molecule has 1 aromatic carbocycles. The van der Waals surface area contributed by atoms with E-state index in [2.05, 4.69) is 0 Å². The highest BCUT2D eigenvalue weighted by Crippen LogP contribution is 2.36. The van der Waals surface area contributed by atoms with Gasteiger partial charge in [0.2, 0.25) is 5.91 Å². The van der Waals surface area contributed by atoms with Crippen molar-refractivity contribution in [3.8, 4) is 0 Å². The van der Waals surface area contributed by atoms with Gasteiger partial charge >= 0.3 is 0 Å². The Labute approximate surface area is 95.7 Å². The normalized spacial score (nSPS) is 16.2. The van der Waals surface area contributed by atoms with Crippen LogP contribution in [0, 0.1) is 0 Å². The topological polar surface area (TPSA) is 40.5 Å². The Kier molecular flexibility index (Phi) is 2.50. The molecule has 1 aliphatic rings. The van der Waals surface area contributed by atoms with Gasteiger partial charge in [0.1, 0.15) is 0 Å². The van der Waals surface area contributed by atoms with E-state index in [4.69, 9.17) is 0 Å². The van der Waals surface area contributed by atoms with Crippen molar-refractivity contribution in [3.05, 3.63) is 29.3 Å². The molecular formula is C13H17NO2. The number of benzene rings is 1. The monoisotopic (exact) mass is 219 g/mol. The fourth-order valence-electron chi connectivity index (χ4n) is 2.22. The van der Waals surface area contributed by atoms with Gasteiger partial charge in [-0.25, -0.2) is 0 Å². The Bertz CT molecular complexity index is 432. The zero-order valence-corrected chi connectivity index (χ0v) is 9.95. The molecule has 0 saturated carbocycles. The van der Waals surface area contributed by atoms with E-state index in [1.807, 2.05) is 18.2 Å². The number of para-hydroxylation sites is 1. The molecule has 0 bridgehead atoms. The number of nitrogens with zero attached hydrogens (tertiary/aromatic N) is 1. The lowest BCUT2D eigenvalue weighted by Crippen LogP contribution is -2.34. The second-order valence-corrected chi connectivity index (χ2v) is 4.83. The van der Waals surface area contributed by atoms with Crippen LogP contribution in [0.15, 0.2) is 18.2 Å². The van der Waals surface area contributed by atoms with Crippen molar-refractivity contribution in [2.45, 2.75) is 32.3 Å². The molecular weight excluding hydrogens is 202 g/mol. The maximum absolute atomic E-state index is 11.7. The standard InChI is InChI=1S/C13H17NO2/c1-13(2,16)10-6-4-5-9-7-8-11(15)14(3)12(9)10/h4-6,16H,7-8H2,1-3H3. The Morgan fingerprint density at radius 2 is 2.00 bits per heavy atom. The molecule has 0 aromatic heterocycles. The Morgan fingerprint density at radius 1 is 1.31 bits per heavy atom. The molecule has 0 atom stereocenters. The summed E-state index contributed by atoms with van der Waals surface area (Å²) in [5, 5.41) is 10.1. The van der Waals surface area contributed by atoms with Crippen molar-refractivity contribution in [1.29, 1.82) is 0 Å². The van der Waals surface area contributed by atoms with Crippen LogP contribution in [0.3, 0.4) is 0 Å². The third-order valence-electron chi connectivity index (χ3n) is 3.10. The van der Waals surface area contributed by atoms with Crippen LogP contribution in [0.1, 0.15) is 31.4 Å². The molecule has 0 saturated heterocycles. The number of hydrogen-bond donors (Lipinski definition) is 1. The Hall–Kier alpha value is -1.35. The lowest BCUT2D eigenvalue weighted by molar-refractivity contribution is -0.118. The summed E-state index contributed by atoms with van der Waals surface area (Å²) in [7, 11) is 1.77. The van der Waals surface area contributed by atoms with Gasteiger partial charge in [0.15, 0.2) is 0 Å². The van der Waals surface area contributed by atoms with Gasteiger partial charge in [-0.1, -0.05) is 18.2 Å². The van der Waals surface area contributed by atoms with Gasteiger partial charge in [-0.15, -0.1) is 0 Å². The molecule has 0 unspecified atom stereocenters. The van der Waals surface area contributed by atoms with Gasteiger partial charge in [-0.2, -0.15) is 0 Å². The van der Waals surface area contributed by atoms with Crippen molar-refractivity contribution < 1.29 is 9.90 Å². The van der Waals surface area contributed by atoms with Crippen LogP contribution in [-0.2, 0) is 16.8 Å². The van der Waals surface area contributed by atoms with E-state index in [0.717, 1.165) is 23.2 Å². The smallest absolute Gasteiger partial charge is 0.227 e. The van der Waals surface area contributed by atoms with Crippen molar-refractivity contribution in [1.82, 2.24) is 0 Å². The number of hydrogen-bond acceptors (Lipinski definition) is 2. The molecule has 1 amide bonds. The summed E-state index contributed by atoms with van der Waals surface area (Å²) in [5.41, 5.74) is 1.92. The maximum Gasteiger partial charge on any atom is 0.227 e. The van der Waals surface area contributed by atoms with Crippen molar-refractivity contribution in [3.63, 3.8) is 0 Å². The van der Waals surface area contributed by atoms with Gasteiger partial charge < -0.3 is 10.0 Å². The van der Waals surface area contributed by atoms with Gasteiger partial charge in [-0.3, -0.25) is 4.79 Å². The molecule has 0 spiro atoms. The van der Waals surface area contributed by atoms with Crippen LogP contribution in [0.5, 0.6) is 0 Å². The first-order chi connectivity index (χ1) is 7.41. The lowest BCUT2D eigenvalue weighted by Gasteiger charge is -2.32. The van der Waals surface area contributed by atoms with E-state index in [0.29, 0.717) is 6.42 Å². The first-order valence-electron chi connectivity index (χ1n) is 5.52. The largest absolute Gasteiger partial charge is 0.386 e. The van der Waals surface area contributed by atoms with Gasteiger partial charge in [-0.05, 0) is 25.8 Å². The summed E-state index contributed by atoms with van der Waals surface area (Å²) < 4.78 is 0. The van der Waals surface area contributed by atoms with Crippen LogP contribution in [0.2, 0.25) is 0 Å². The van der Waals surface area contributed by atoms with Gasteiger partial charge in [0, 0.05) is 19.0 Å². The zero-order chi connectivity index (χ0) is 11.9. The first-order valence-corrected chi connectivity index (χ1v) is 5.52. The number of carbonyl (C=O) groups excluding carboxylic acids is 1. The fourth-order valence-corrected chi connectivity index (χ4v) is 2.22. The Morgan fingerprint density at radius 3 is 2.62 bits per heavy atom. The van der Waals surface area contributed by atoms with Crippen LogP contribution >= 0.6 is 0 Å². The van der Waals surface area contributed by atoms with Crippen LogP contribution in [0.25, 0.3) is 0 Å². The maximum atomic E-state index is 11.7. The van der Waals surface area contributed by atoms with Crippen LogP contribution in [-0.4, -0.2) is 18.1 Å². The molecule has 0 aliphatic carbocycles. The van der Waals surface area contributed by atoms with Crippen molar-refractivity contribution in [2.24, 2.45) is 0 Å². The van der Waals surface area contributed by atoms with E-state index in [-0.39, 0.29) is 5.91 Å². The third-order valence-corrected chi connectivity index (χ3v) is 3.10. The van der Waals surface area contributed by atoms with Crippen molar-refractivity contribution >= 4 is 11.6 Å². The average Bonchev–Trinajstić information content (AvgIpc) is 2.21. The average molecular weight is 219 g/mol. The number of anilines is 1. The number of aliphatic hydroxyl groups is 1. The number of fused-ring (bicyclic) bond motifs is 1. The number of amides is 1. The summed E-state index contributed by atoms with van der Waals surface area (Å²) in [6.45, 7) is 3.49. The quantitative estimate of drug-likeness (QED) is 0.782. The minimum absolute atomic E-state index is 0.115. The van der Waals surface area contributed by atoms with E-state index in [1.165, 1.54) is 0 Å².